The number of carboxylic acids is 1. The molecule has 0 radical (unpaired) electrons. The Labute approximate surface area is 124 Å². The molecule has 1 saturated carbocycles. The zero-order valence-electron chi connectivity index (χ0n) is 12.4. The third-order valence-electron chi connectivity index (χ3n) is 3.98. The maximum absolute atomic E-state index is 11.9. The van der Waals surface area contributed by atoms with Crippen molar-refractivity contribution in [2.24, 2.45) is 0 Å². The summed E-state index contributed by atoms with van der Waals surface area (Å²) < 4.78 is 5.66. The molecule has 0 heterocycles. The summed E-state index contributed by atoms with van der Waals surface area (Å²) in [6.07, 6.45) is 2.01. The lowest BCUT2D eigenvalue weighted by atomic mass is 9.76. The maximum atomic E-state index is 11.9. The monoisotopic (exact) mass is 291 g/mol. The van der Waals surface area contributed by atoms with Gasteiger partial charge < -0.3 is 15.2 Å². The molecule has 1 aliphatic rings. The number of hydrogen-bond acceptors (Lipinski definition) is 3. The second-order valence-corrected chi connectivity index (χ2v) is 5.61. The lowest BCUT2D eigenvalue weighted by Gasteiger charge is -2.38. The number of amides is 1. The molecule has 2 N–H and O–H groups in total. The van der Waals surface area contributed by atoms with Crippen molar-refractivity contribution >= 4 is 11.9 Å². The van der Waals surface area contributed by atoms with Crippen molar-refractivity contribution in [1.82, 2.24) is 5.32 Å². The number of aryl methyl sites for hydroxylation is 2. The van der Waals surface area contributed by atoms with Crippen molar-refractivity contribution in [3.63, 3.8) is 0 Å². The molecule has 0 bridgehead atoms. The minimum atomic E-state index is -1.05. The second kappa shape index (κ2) is 6.16. The largest absolute Gasteiger partial charge is 0.493 e. The quantitative estimate of drug-likeness (QED) is 0.842. The van der Waals surface area contributed by atoms with E-state index in [4.69, 9.17) is 9.84 Å². The van der Waals surface area contributed by atoms with E-state index in [-0.39, 0.29) is 18.9 Å². The summed E-state index contributed by atoms with van der Waals surface area (Å²) in [6, 6.07) is 5.86. The summed E-state index contributed by atoms with van der Waals surface area (Å²) in [7, 11) is 0. The number of rotatable bonds is 6. The Balaban J connectivity index is 1.84. The SMILES string of the molecule is Cc1cccc(C)c1OCCC(=O)NC1(C(=O)O)CCC1. The van der Waals surface area contributed by atoms with E-state index in [0.717, 1.165) is 23.3 Å². The van der Waals surface area contributed by atoms with Crippen LogP contribution in [0.4, 0.5) is 0 Å². The highest BCUT2D eigenvalue weighted by Crippen LogP contribution is 2.32. The summed E-state index contributed by atoms with van der Waals surface area (Å²) in [6.45, 7) is 4.15. The molecule has 0 aromatic heterocycles. The Morgan fingerprint density at radius 2 is 1.90 bits per heavy atom. The first-order valence-corrected chi connectivity index (χ1v) is 7.18. The number of benzene rings is 1. The molecule has 1 aromatic rings. The van der Waals surface area contributed by atoms with Gasteiger partial charge in [0, 0.05) is 0 Å². The molecule has 5 nitrogen and oxygen atoms in total. The number of carboxylic acid groups (broad SMARTS) is 1. The highest BCUT2D eigenvalue weighted by atomic mass is 16.5. The first-order valence-electron chi connectivity index (χ1n) is 7.18. The van der Waals surface area contributed by atoms with Gasteiger partial charge >= 0.3 is 5.97 Å². The van der Waals surface area contributed by atoms with Gasteiger partial charge in [0.1, 0.15) is 11.3 Å². The van der Waals surface area contributed by atoms with Crippen LogP contribution in [-0.4, -0.2) is 29.1 Å². The molecule has 0 unspecified atom stereocenters. The standard InChI is InChI=1S/C16H21NO4/c1-11-5-3-6-12(2)14(11)21-10-7-13(18)17-16(15(19)20)8-4-9-16/h3,5-6H,4,7-10H2,1-2H3,(H,17,18)(H,19,20). The third-order valence-corrected chi connectivity index (χ3v) is 3.98. The Morgan fingerprint density at radius 3 is 2.38 bits per heavy atom. The summed E-state index contributed by atoms with van der Waals surface area (Å²) in [5.41, 5.74) is 1.00. The smallest absolute Gasteiger partial charge is 0.329 e. The zero-order valence-corrected chi connectivity index (χ0v) is 12.4. The molecular weight excluding hydrogens is 270 g/mol. The van der Waals surface area contributed by atoms with Crippen molar-refractivity contribution in [3.05, 3.63) is 29.3 Å². The molecule has 2 rings (SSSR count). The van der Waals surface area contributed by atoms with Crippen LogP contribution in [0.2, 0.25) is 0 Å². The average Bonchev–Trinajstić information content (AvgIpc) is 2.37. The van der Waals surface area contributed by atoms with Gasteiger partial charge in [-0.15, -0.1) is 0 Å². The van der Waals surface area contributed by atoms with Gasteiger partial charge in [-0.05, 0) is 44.2 Å². The lowest BCUT2D eigenvalue weighted by molar-refractivity contribution is -0.151. The van der Waals surface area contributed by atoms with E-state index in [1.807, 2.05) is 32.0 Å². The predicted molar refractivity (Wildman–Crippen MR) is 78.4 cm³/mol. The number of hydrogen-bond donors (Lipinski definition) is 2. The molecule has 5 heteroatoms. The van der Waals surface area contributed by atoms with Crippen molar-refractivity contribution < 1.29 is 19.4 Å². The molecule has 21 heavy (non-hydrogen) atoms. The van der Waals surface area contributed by atoms with Crippen LogP contribution in [0.3, 0.4) is 0 Å². The van der Waals surface area contributed by atoms with Gasteiger partial charge in [-0.1, -0.05) is 18.2 Å². The average molecular weight is 291 g/mol. The molecule has 1 aliphatic carbocycles. The summed E-state index contributed by atoms with van der Waals surface area (Å²) in [5.74, 6) is -0.428. The summed E-state index contributed by atoms with van der Waals surface area (Å²) >= 11 is 0. The first kappa shape index (κ1) is 15.4. The number of carbonyl (C=O) groups is 2. The molecule has 0 aliphatic heterocycles. The fourth-order valence-corrected chi connectivity index (χ4v) is 2.52. The van der Waals surface area contributed by atoms with Gasteiger partial charge in [0.25, 0.3) is 0 Å². The number of para-hydroxylation sites is 1. The van der Waals surface area contributed by atoms with Crippen LogP contribution in [0.25, 0.3) is 0 Å². The first-order chi connectivity index (χ1) is 9.94. The Bertz CT molecular complexity index is 529. The Kier molecular flexibility index (Phi) is 4.50. The number of aliphatic carboxylic acids is 1. The highest BCUT2D eigenvalue weighted by molar-refractivity contribution is 5.87. The van der Waals surface area contributed by atoms with Crippen LogP contribution in [-0.2, 0) is 9.59 Å². The second-order valence-electron chi connectivity index (χ2n) is 5.61. The third kappa shape index (κ3) is 3.35. The van der Waals surface area contributed by atoms with Gasteiger partial charge in [0.05, 0.1) is 13.0 Å². The molecule has 114 valence electrons. The van der Waals surface area contributed by atoms with Gasteiger partial charge in [0.15, 0.2) is 0 Å². The van der Waals surface area contributed by atoms with Gasteiger partial charge in [0.2, 0.25) is 5.91 Å². The van der Waals surface area contributed by atoms with E-state index in [2.05, 4.69) is 5.32 Å². The van der Waals surface area contributed by atoms with Crippen molar-refractivity contribution in [2.75, 3.05) is 6.61 Å². The predicted octanol–water partition coefficient (Wildman–Crippen LogP) is 2.20. The van der Waals surface area contributed by atoms with Crippen molar-refractivity contribution in [1.29, 1.82) is 0 Å². The molecule has 1 aromatic carbocycles. The van der Waals surface area contributed by atoms with Gasteiger partial charge in [-0.25, -0.2) is 4.79 Å². The van der Waals surface area contributed by atoms with E-state index in [1.54, 1.807) is 0 Å². The fourth-order valence-electron chi connectivity index (χ4n) is 2.52. The summed E-state index contributed by atoms with van der Waals surface area (Å²) in [5, 5.41) is 11.8. The lowest BCUT2D eigenvalue weighted by Crippen LogP contribution is -2.59. The molecular formula is C16H21NO4. The van der Waals surface area contributed by atoms with Crippen molar-refractivity contribution in [3.8, 4) is 5.75 Å². The molecule has 1 fully saturated rings. The van der Waals surface area contributed by atoms with Crippen LogP contribution in [0, 0.1) is 13.8 Å². The molecule has 0 saturated heterocycles. The Morgan fingerprint density at radius 1 is 1.29 bits per heavy atom. The van der Waals surface area contributed by atoms with Crippen molar-refractivity contribution in [2.45, 2.75) is 45.1 Å². The Hall–Kier alpha value is -2.04. The van der Waals surface area contributed by atoms with Crippen LogP contribution < -0.4 is 10.1 Å². The van der Waals surface area contributed by atoms with E-state index in [9.17, 15) is 9.59 Å². The zero-order chi connectivity index (χ0) is 15.5. The number of ether oxygens (including phenoxy) is 1. The topological polar surface area (TPSA) is 75.6 Å². The number of nitrogens with one attached hydrogen (secondary N) is 1. The van der Waals surface area contributed by atoms with Crippen LogP contribution in [0.15, 0.2) is 18.2 Å². The van der Waals surface area contributed by atoms with E-state index in [0.29, 0.717) is 12.8 Å². The maximum Gasteiger partial charge on any atom is 0.329 e. The fraction of sp³-hybridized carbons (Fsp3) is 0.500. The normalized spacial score (nSPS) is 15.9. The van der Waals surface area contributed by atoms with Crippen LogP contribution >= 0.6 is 0 Å². The minimum Gasteiger partial charge on any atom is -0.493 e. The van der Waals surface area contributed by atoms with Gasteiger partial charge in [-0.3, -0.25) is 4.79 Å². The van der Waals surface area contributed by atoms with E-state index < -0.39 is 11.5 Å². The molecule has 0 spiro atoms. The summed E-state index contributed by atoms with van der Waals surface area (Å²) in [4.78, 5) is 23.0. The minimum absolute atomic E-state index is 0.156. The van der Waals surface area contributed by atoms with E-state index in [1.165, 1.54) is 0 Å². The van der Waals surface area contributed by atoms with Gasteiger partial charge in [-0.2, -0.15) is 0 Å². The van der Waals surface area contributed by atoms with Crippen LogP contribution in [0.1, 0.15) is 36.8 Å². The van der Waals surface area contributed by atoms with Crippen LogP contribution in [0.5, 0.6) is 5.75 Å². The van der Waals surface area contributed by atoms with E-state index >= 15 is 0 Å². The highest BCUT2D eigenvalue weighted by Gasteiger charge is 2.45. The molecule has 1 amide bonds. The molecule has 0 atom stereocenters. The number of carbonyl (C=O) groups excluding carboxylic acids is 1.